The molecule has 0 fully saturated rings. The van der Waals surface area contributed by atoms with Crippen LogP contribution in [-0.2, 0) is 15.4 Å². The number of benzene rings is 1. The minimum Gasteiger partial charge on any atom is -0.481 e. The Morgan fingerprint density at radius 2 is 1.22 bits per heavy atom. The zero-order chi connectivity index (χ0) is 14.8. The lowest BCUT2D eigenvalue weighted by molar-refractivity contribution is -0.135. The third-order valence-corrected chi connectivity index (χ3v) is 1.27. The second-order valence-electron chi connectivity index (χ2n) is 3.34. The molecule has 7 heteroatoms. The van der Waals surface area contributed by atoms with E-state index in [1.807, 2.05) is 18.2 Å². The average molecular weight is 257 g/mol. The molecule has 1 rings (SSSR count). The van der Waals surface area contributed by atoms with Gasteiger partial charge in [-0.05, 0) is 0 Å². The lowest BCUT2D eigenvalue weighted by Crippen LogP contribution is -2.54. The fourth-order valence-corrected chi connectivity index (χ4v) is 0.727. The fraction of sp³-hybridized carbons (Fsp3) is 0.273. The summed E-state index contributed by atoms with van der Waals surface area (Å²) in [5.74, 6) is -2.87. The van der Waals surface area contributed by atoms with Gasteiger partial charge < -0.3 is 10.2 Å². The Morgan fingerprint density at radius 3 is 1.39 bits per heavy atom. The topological polar surface area (TPSA) is 153 Å². The Bertz CT molecular complexity index is 340. The van der Waals surface area contributed by atoms with Crippen molar-refractivity contribution >= 4 is 11.9 Å². The average Bonchev–Trinajstić information content (AvgIpc) is 2.16. The molecule has 0 saturated heterocycles. The van der Waals surface area contributed by atoms with Crippen LogP contribution in [0.5, 0.6) is 0 Å². The highest BCUT2D eigenvalue weighted by Gasteiger charge is 2.12. The van der Waals surface area contributed by atoms with Gasteiger partial charge in [0, 0.05) is 19.4 Å². The van der Waals surface area contributed by atoms with E-state index in [1.54, 1.807) is 12.1 Å². The number of aliphatic carboxylic acids is 2. The summed E-state index contributed by atoms with van der Waals surface area (Å²) in [4.78, 5) is 18.0. The third kappa shape index (κ3) is 16.5. The van der Waals surface area contributed by atoms with Gasteiger partial charge in [0.25, 0.3) is 11.9 Å². The van der Waals surface area contributed by atoms with Crippen LogP contribution < -0.4 is 17.2 Å². The minimum atomic E-state index is -1.21. The molecule has 0 unspecified atom stereocenters. The van der Waals surface area contributed by atoms with Gasteiger partial charge in [0.15, 0.2) is 0 Å². The Kier molecular flexibility index (Phi) is 9.32. The van der Waals surface area contributed by atoms with Crippen LogP contribution in [0.3, 0.4) is 0 Å². The van der Waals surface area contributed by atoms with Crippen LogP contribution in [0.1, 0.15) is 19.4 Å². The van der Waals surface area contributed by atoms with E-state index < -0.39 is 17.7 Å². The number of rotatable bonds is 1. The molecule has 0 radical (unpaired) electrons. The summed E-state index contributed by atoms with van der Waals surface area (Å²) in [5, 5.41) is 14.8. The molecule has 0 aliphatic rings. The maximum Gasteiger partial charge on any atom is 0.300 e. The van der Waals surface area contributed by atoms with Crippen LogP contribution in [0.4, 0.5) is 0 Å². The normalized spacial score (nSPS) is 9.17. The molecule has 0 spiro atoms. The molecule has 8 N–H and O–H groups in total. The van der Waals surface area contributed by atoms with E-state index in [4.69, 9.17) is 37.0 Å². The van der Waals surface area contributed by atoms with E-state index in [-0.39, 0.29) is 0 Å². The van der Waals surface area contributed by atoms with Crippen molar-refractivity contribution in [1.82, 2.24) is 0 Å². The SMILES string of the molecule is CC(=O)O.CC(=O)O.NC(N)(N)c1ccccc1. The van der Waals surface area contributed by atoms with Gasteiger partial charge in [0.1, 0.15) is 5.79 Å². The maximum atomic E-state index is 9.00. The molecule has 1 aromatic rings. The molecule has 0 bridgehead atoms. The number of carboxylic acids is 2. The van der Waals surface area contributed by atoms with Crippen molar-refractivity contribution in [1.29, 1.82) is 0 Å². The molecule has 18 heavy (non-hydrogen) atoms. The van der Waals surface area contributed by atoms with Gasteiger partial charge in [-0.15, -0.1) is 0 Å². The van der Waals surface area contributed by atoms with E-state index in [9.17, 15) is 0 Å². The Balaban J connectivity index is 0. The van der Waals surface area contributed by atoms with Crippen LogP contribution >= 0.6 is 0 Å². The molecule has 1 aromatic carbocycles. The number of hydrogen-bond acceptors (Lipinski definition) is 5. The number of nitrogens with two attached hydrogens (primary N) is 3. The highest BCUT2D eigenvalue weighted by Crippen LogP contribution is 2.04. The summed E-state index contributed by atoms with van der Waals surface area (Å²) >= 11 is 0. The molecule has 0 saturated carbocycles. The highest BCUT2D eigenvalue weighted by molar-refractivity contribution is 5.63. The minimum absolute atomic E-state index is 0.731. The third-order valence-electron chi connectivity index (χ3n) is 1.27. The van der Waals surface area contributed by atoms with Gasteiger partial charge >= 0.3 is 0 Å². The van der Waals surface area contributed by atoms with Crippen molar-refractivity contribution < 1.29 is 19.8 Å². The molecule has 0 aliphatic heterocycles. The van der Waals surface area contributed by atoms with E-state index in [1.165, 1.54) is 0 Å². The summed E-state index contributed by atoms with van der Waals surface area (Å²) < 4.78 is 0. The molecular formula is C11H19N3O4. The van der Waals surface area contributed by atoms with Crippen molar-refractivity contribution in [2.24, 2.45) is 17.2 Å². The van der Waals surface area contributed by atoms with Gasteiger partial charge in [0.05, 0.1) is 0 Å². The van der Waals surface area contributed by atoms with Crippen LogP contribution in [0.25, 0.3) is 0 Å². The van der Waals surface area contributed by atoms with E-state index in [2.05, 4.69) is 0 Å². The first kappa shape index (κ1) is 18.4. The molecule has 102 valence electrons. The van der Waals surface area contributed by atoms with Crippen molar-refractivity contribution in [2.45, 2.75) is 19.6 Å². The first-order chi connectivity index (χ1) is 8.07. The van der Waals surface area contributed by atoms with E-state index in [0.717, 1.165) is 19.4 Å². The molecule has 0 amide bonds. The zero-order valence-electron chi connectivity index (χ0n) is 10.3. The quantitative estimate of drug-likeness (QED) is 0.438. The molecule has 0 aliphatic carbocycles. The van der Waals surface area contributed by atoms with Crippen molar-refractivity contribution in [3.8, 4) is 0 Å². The Labute approximate surface area is 105 Å². The zero-order valence-corrected chi connectivity index (χ0v) is 10.3. The van der Waals surface area contributed by atoms with Crippen molar-refractivity contribution in [3.05, 3.63) is 35.9 Å². The molecule has 0 aromatic heterocycles. The molecular weight excluding hydrogens is 238 g/mol. The predicted molar refractivity (Wildman–Crippen MR) is 67.3 cm³/mol. The number of hydrogen-bond donors (Lipinski definition) is 5. The largest absolute Gasteiger partial charge is 0.481 e. The van der Waals surface area contributed by atoms with Crippen LogP contribution in [0.2, 0.25) is 0 Å². The maximum absolute atomic E-state index is 9.00. The molecule has 0 heterocycles. The van der Waals surface area contributed by atoms with E-state index >= 15 is 0 Å². The Hall–Kier alpha value is -1.96. The van der Waals surface area contributed by atoms with Crippen LogP contribution in [0, 0.1) is 0 Å². The predicted octanol–water partition coefficient (Wildman–Crippen LogP) is -0.145. The summed E-state index contributed by atoms with van der Waals surface area (Å²) in [5.41, 5.74) is 17.0. The first-order valence-corrected chi connectivity index (χ1v) is 4.88. The summed E-state index contributed by atoms with van der Waals surface area (Å²) in [7, 11) is 0. The van der Waals surface area contributed by atoms with Gasteiger partial charge in [-0.25, -0.2) is 0 Å². The standard InChI is InChI=1S/C7H11N3.2C2H4O2/c8-7(9,10)6-4-2-1-3-5-6;2*1-2(3)4/h1-5H,8-10H2;2*1H3,(H,3,4). The molecule has 0 atom stereocenters. The monoisotopic (exact) mass is 257 g/mol. The smallest absolute Gasteiger partial charge is 0.300 e. The number of carboxylic acid groups (broad SMARTS) is 2. The highest BCUT2D eigenvalue weighted by atomic mass is 16.4. The Morgan fingerprint density at radius 1 is 0.944 bits per heavy atom. The second kappa shape index (κ2) is 9.11. The second-order valence-corrected chi connectivity index (χ2v) is 3.34. The number of carbonyl (C=O) groups is 2. The molecule has 7 nitrogen and oxygen atoms in total. The fourth-order valence-electron chi connectivity index (χ4n) is 0.727. The van der Waals surface area contributed by atoms with Gasteiger partial charge in [-0.3, -0.25) is 26.8 Å². The lowest BCUT2D eigenvalue weighted by Gasteiger charge is -2.18. The van der Waals surface area contributed by atoms with Gasteiger partial charge in [-0.2, -0.15) is 0 Å². The first-order valence-electron chi connectivity index (χ1n) is 4.88. The van der Waals surface area contributed by atoms with Gasteiger partial charge in [-0.1, -0.05) is 30.3 Å². The van der Waals surface area contributed by atoms with E-state index in [0.29, 0.717) is 0 Å². The van der Waals surface area contributed by atoms with Crippen molar-refractivity contribution in [3.63, 3.8) is 0 Å². The summed E-state index contributed by atoms with van der Waals surface area (Å²) in [6.07, 6.45) is 0. The summed E-state index contributed by atoms with van der Waals surface area (Å²) in [6, 6.07) is 9.16. The van der Waals surface area contributed by atoms with Crippen LogP contribution in [-0.4, -0.2) is 22.2 Å². The summed E-state index contributed by atoms with van der Waals surface area (Å²) in [6.45, 7) is 2.17. The van der Waals surface area contributed by atoms with Crippen LogP contribution in [0.15, 0.2) is 30.3 Å². The van der Waals surface area contributed by atoms with Crippen molar-refractivity contribution in [2.75, 3.05) is 0 Å². The van der Waals surface area contributed by atoms with Gasteiger partial charge in [0.2, 0.25) is 0 Å². The lowest BCUT2D eigenvalue weighted by atomic mass is 10.1.